The van der Waals surface area contributed by atoms with E-state index in [1.807, 2.05) is 24.3 Å². The Bertz CT molecular complexity index is 698. The predicted octanol–water partition coefficient (Wildman–Crippen LogP) is 3.45. The molecule has 0 bridgehead atoms. The summed E-state index contributed by atoms with van der Waals surface area (Å²) < 4.78 is 0. The van der Waals surface area contributed by atoms with Crippen LogP contribution in [0.3, 0.4) is 0 Å². The van der Waals surface area contributed by atoms with E-state index in [1.165, 1.54) is 0 Å². The molecule has 1 aromatic heterocycles. The second kappa shape index (κ2) is 6.42. The van der Waals surface area contributed by atoms with Crippen LogP contribution < -0.4 is 0 Å². The molecule has 0 unspecified atom stereocenters. The van der Waals surface area contributed by atoms with Gasteiger partial charge in [0, 0.05) is 10.6 Å². The molecule has 20 heavy (non-hydrogen) atoms. The number of aliphatic carboxylic acids is 1. The third-order valence-electron chi connectivity index (χ3n) is 2.46. The number of pyridine rings is 1. The van der Waals surface area contributed by atoms with Crippen molar-refractivity contribution in [1.82, 2.24) is 4.98 Å². The molecule has 1 heterocycles. The van der Waals surface area contributed by atoms with Gasteiger partial charge in [-0.15, -0.1) is 0 Å². The Hall–Kier alpha value is -2.03. The Morgan fingerprint density at radius 3 is 2.75 bits per heavy atom. The fourth-order valence-electron chi connectivity index (χ4n) is 1.58. The topological polar surface area (TPSA) is 74.0 Å². The van der Waals surface area contributed by atoms with Crippen LogP contribution >= 0.6 is 23.4 Å². The minimum absolute atomic E-state index is 0.145. The molecular weight excluding hydrogens is 296 g/mol. The summed E-state index contributed by atoms with van der Waals surface area (Å²) in [7, 11) is 0. The third kappa shape index (κ3) is 3.29. The first-order chi connectivity index (χ1) is 9.61. The van der Waals surface area contributed by atoms with Crippen molar-refractivity contribution in [3.05, 3.63) is 47.0 Å². The summed E-state index contributed by atoms with van der Waals surface area (Å²) in [5, 5.41) is 18.7. The maximum absolute atomic E-state index is 10.6. The molecule has 0 atom stereocenters. The van der Waals surface area contributed by atoms with Crippen molar-refractivity contribution in [3.8, 4) is 17.3 Å². The number of carboxylic acids is 1. The average molecular weight is 305 g/mol. The number of rotatable bonds is 4. The van der Waals surface area contributed by atoms with Gasteiger partial charge in [0.05, 0.1) is 17.0 Å². The maximum Gasteiger partial charge on any atom is 0.313 e. The molecule has 0 aliphatic heterocycles. The number of benzene rings is 1. The zero-order chi connectivity index (χ0) is 14.5. The molecule has 100 valence electrons. The molecular formula is C14H9ClN2O2S. The molecule has 0 aliphatic carbocycles. The first-order valence-electron chi connectivity index (χ1n) is 5.62. The van der Waals surface area contributed by atoms with Crippen molar-refractivity contribution in [2.75, 3.05) is 5.75 Å². The van der Waals surface area contributed by atoms with E-state index in [0.717, 1.165) is 17.3 Å². The van der Waals surface area contributed by atoms with E-state index >= 15 is 0 Å². The van der Waals surface area contributed by atoms with Gasteiger partial charge in [0.1, 0.15) is 11.1 Å². The van der Waals surface area contributed by atoms with Crippen molar-refractivity contribution in [3.63, 3.8) is 0 Å². The third-order valence-corrected chi connectivity index (χ3v) is 3.77. The highest BCUT2D eigenvalue weighted by molar-refractivity contribution is 7.99. The normalized spacial score (nSPS) is 10.0. The largest absolute Gasteiger partial charge is 0.481 e. The molecule has 2 rings (SSSR count). The van der Waals surface area contributed by atoms with Crippen molar-refractivity contribution < 1.29 is 9.90 Å². The maximum atomic E-state index is 10.6. The van der Waals surface area contributed by atoms with Crippen LogP contribution in [0.2, 0.25) is 5.02 Å². The van der Waals surface area contributed by atoms with Gasteiger partial charge >= 0.3 is 5.97 Å². The summed E-state index contributed by atoms with van der Waals surface area (Å²) in [6.07, 6.45) is 0. The van der Waals surface area contributed by atoms with Crippen LogP contribution in [0.25, 0.3) is 11.3 Å². The van der Waals surface area contributed by atoms with Gasteiger partial charge < -0.3 is 5.11 Å². The average Bonchev–Trinajstić information content (AvgIpc) is 2.45. The van der Waals surface area contributed by atoms with Gasteiger partial charge in [0.2, 0.25) is 0 Å². The zero-order valence-electron chi connectivity index (χ0n) is 10.2. The Morgan fingerprint density at radius 1 is 1.35 bits per heavy atom. The number of halogens is 1. The predicted molar refractivity (Wildman–Crippen MR) is 77.8 cm³/mol. The van der Waals surface area contributed by atoms with E-state index in [-0.39, 0.29) is 5.75 Å². The van der Waals surface area contributed by atoms with Crippen molar-refractivity contribution >= 4 is 29.3 Å². The van der Waals surface area contributed by atoms with Gasteiger partial charge in [-0.3, -0.25) is 4.79 Å². The zero-order valence-corrected chi connectivity index (χ0v) is 11.8. The summed E-state index contributed by atoms with van der Waals surface area (Å²) in [6, 6.07) is 12.5. The van der Waals surface area contributed by atoms with Gasteiger partial charge in [0.25, 0.3) is 0 Å². The number of hydrogen-bond acceptors (Lipinski definition) is 4. The summed E-state index contributed by atoms with van der Waals surface area (Å²) in [5.41, 5.74) is 1.71. The fraction of sp³-hybridized carbons (Fsp3) is 0.0714. The first-order valence-corrected chi connectivity index (χ1v) is 6.99. The van der Waals surface area contributed by atoms with Gasteiger partial charge in [-0.1, -0.05) is 41.6 Å². The lowest BCUT2D eigenvalue weighted by atomic mass is 10.1. The minimum Gasteiger partial charge on any atom is -0.481 e. The van der Waals surface area contributed by atoms with Crippen LogP contribution in [0.15, 0.2) is 41.4 Å². The first kappa shape index (κ1) is 14.4. The lowest BCUT2D eigenvalue weighted by Crippen LogP contribution is -2.00. The van der Waals surface area contributed by atoms with Gasteiger partial charge in [-0.2, -0.15) is 5.26 Å². The van der Waals surface area contributed by atoms with Crippen LogP contribution in [0.5, 0.6) is 0 Å². The van der Waals surface area contributed by atoms with Gasteiger partial charge in [0.15, 0.2) is 0 Å². The lowest BCUT2D eigenvalue weighted by molar-refractivity contribution is -0.133. The number of thioether (sulfide) groups is 1. The number of hydrogen-bond donors (Lipinski definition) is 1. The number of nitrogens with zero attached hydrogens (tertiary/aromatic N) is 2. The highest BCUT2D eigenvalue weighted by Crippen LogP contribution is 2.29. The van der Waals surface area contributed by atoms with Gasteiger partial charge in [-0.25, -0.2) is 4.98 Å². The monoisotopic (exact) mass is 304 g/mol. The molecule has 4 nitrogen and oxygen atoms in total. The Labute approximate surface area is 125 Å². The molecule has 0 fully saturated rings. The van der Waals surface area contributed by atoms with Crippen LogP contribution in [-0.2, 0) is 4.79 Å². The van der Waals surface area contributed by atoms with Crippen LogP contribution in [0.1, 0.15) is 5.56 Å². The van der Waals surface area contributed by atoms with E-state index in [2.05, 4.69) is 4.98 Å². The highest BCUT2D eigenvalue weighted by Gasteiger charge is 2.11. The molecule has 0 saturated heterocycles. The van der Waals surface area contributed by atoms with Crippen LogP contribution in [-0.4, -0.2) is 21.8 Å². The van der Waals surface area contributed by atoms with E-state index < -0.39 is 5.97 Å². The molecule has 0 aliphatic rings. The Kier molecular flexibility index (Phi) is 4.61. The second-order valence-electron chi connectivity index (χ2n) is 3.82. The minimum atomic E-state index is -0.955. The smallest absolute Gasteiger partial charge is 0.313 e. The van der Waals surface area contributed by atoms with Crippen LogP contribution in [0, 0.1) is 11.3 Å². The number of carbonyl (C=O) groups is 1. The number of aromatic nitrogens is 1. The summed E-state index contributed by atoms with van der Waals surface area (Å²) in [5.74, 6) is -1.10. The van der Waals surface area contributed by atoms with Crippen LogP contribution in [0.4, 0.5) is 0 Å². The van der Waals surface area contributed by atoms with Crippen molar-refractivity contribution in [2.45, 2.75) is 5.03 Å². The standard InChI is InChI=1S/C14H9ClN2O2S/c15-11-4-2-1-3-10(11)12-6-5-9(7-16)14(17-12)20-8-13(18)19/h1-6H,8H2,(H,18,19). The molecule has 0 radical (unpaired) electrons. The Morgan fingerprint density at radius 2 is 2.10 bits per heavy atom. The van der Waals surface area contributed by atoms with Crippen molar-refractivity contribution in [1.29, 1.82) is 5.26 Å². The quantitative estimate of drug-likeness (QED) is 0.876. The number of nitriles is 1. The molecule has 0 spiro atoms. The summed E-state index contributed by atoms with van der Waals surface area (Å²) in [4.78, 5) is 15.0. The van der Waals surface area contributed by atoms with E-state index in [9.17, 15) is 4.79 Å². The van der Waals surface area contributed by atoms with Gasteiger partial charge in [-0.05, 0) is 18.2 Å². The fourth-order valence-corrected chi connectivity index (χ4v) is 2.51. The summed E-state index contributed by atoms with van der Waals surface area (Å²) in [6.45, 7) is 0. The van der Waals surface area contributed by atoms with Crippen molar-refractivity contribution in [2.24, 2.45) is 0 Å². The lowest BCUT2D eigenvalue weighted by Gasteiger charge is -2.07. The molecule has 1 aromatic carbocycles. The molecule has 0 amide bonds. The SMILES string of the molecule is N#Cc1ccc(-c2ccccc2Cl)nc1SCC(=O)O. The highest BCUT2D eigenvalue weighted by atomic mass is 35.5. The molecule has 1 N–H and O–H groups in total. The second-order valence-corrected chi connectivity index (χ2v) is 5.19. The summed E-state index contributed by atoms with van der Waals surface area (Å²) >= 11 is 7.12. The molecule has 6 heteroatoms. The van der Waals surface area contributed by atoms with E-state index in [4.69, 9.17) is 22.0 Å². The van der Waals surface area contributed by atoms with E-state index in [0.29, 0.717) is 21.3 Å². The van der Waals surface area contributed by atoms with E-state index in [1.54, 1.807) is 18.2 Å². The molecule has 0 saturated carbocycles. The number of carboxylic acid groups (broad SMARTS) is 1. The Balaban J connectivity index is 2.42. The molecule has 2 aromatic rings.